The summed E-state index contributed by atoms with van der Waals surface area (Å²) in [5.41, 5.74) is 3.56. The van der Waals surface area contributed by atoms with Crippen molar-refractivity contribution in [2.45, 2.75) is 45.7 Å². The molecule has 0 bridgehead atoms. The number of ketones is 1. The van der Waals surface area contributed by atoms with Crippen LogP contribution in [0.25, 0.3) is 12.2 Å². The molecule has 2 amide bonds. The molecule has 2 aromatic carbocycles. The van der Waals surface area contributed by atoms with Gasteiger partial charge in [0.15, 0.2) is 5.78 Å². The topological polar surface area (TPSA) is 78.5 Å². The molecule has 1 unspecified atom stereocenters. The first-order chi connectivity index (χ1) is 15.8. The van der Waals surface area contributed by atoms with Gasteiger partial charge in [-0.25, -0.2) is 0 Å². The Morgan fingerprint density at radius 3 is 2.33 bits per heavy atom. The summed E-state index contributed by atoms with van der Waals surface area (Å²) < 4.78 is 0. The molecule has 1 atom stereocenters. The third-order valence-electron chi connectivity index (χ3n) is 5.19. The summed E-state index contributed by atoms with van der Waals surface area (Å²) >= 11 is 0. The van der Waals surface area contributed by atoms with E-state index in [4.69, 9.17) is 0 Å². The average molecular weight is 450 g/mol. The first-order valence-corrected chi connectivity index (χ1v) is 11.4. The second-order valence-electron chi connectivity index (χ2n) is 8.44. The van der Waals surface area contributed by atoms with Crippen LogP contribution >= 0.6 is 0 Å². The minimum Gasteiger partial charge on any atom is -0.349 e. The van der Waals surface area contributed by atoms with E-state index >= 15 is 0 Å². The lowest BCUT2D eigenvalue weighted by Gasteiger charge is -2.18. The van der Waals surface area contributed by atoms with E-state index in [1.165, 1.54) is 12.5 Å². The number of hydrogen-bond donors (Lipinski definition) is 2. The minimum atomic E-state index is -0.634. The van der Waals surface area contributed by atoms with Crippen LogP contribution in [-0.4, -0.2) is 49.2 Å². The Kier molecular flexibility index (Phi) is 10.5. The Morgan fingerprint density at radius 1 is 1.00 bits per heavy atom. The van der Waals surface area contributed by atoms with E-state index < -0.39 is 6.04 Å². The molecular weight excluding hydrogens is 414 g/mol. The lowest BCUT2D eigenvalue weighted by molar-refractivity contribution is -0.124. The maximum Gasteiger partial charge on any atom is 0.252 e. The average Bonchev–Trinajstić information content (AvgIpc) is 2.79. The van der Waals surface area contributed by atoms with Gasteiger partial charge in [-0.05, 0) is 43.3 Å². The highest BCUT2D eigenvalue weighted by molar-refractivity contribution is 6.01. The first kappa shape index (κ1) is 26.0. The van der Waals surface area contributed by atoms with Crippen LogP contribution in [0.15, 0.2) is 48.5 Å². The number of carbonyl (C=O) groups is 3. The largest absolute Gasteiger partial charge is 0.349 e. The van der Waals surface area contributed by atoms with E-state index in [9.17, 15) is 14.4 Å². The zero-order valence-electron chi connectivity index (χ0n) is 20.1. The molecule has 0 aliphatic carbocycles. The van der Waals surface area contributed by atoms with E-state index in [1.807, 2.05) is 51.4 Å². The second kappa shape index (κ2) is 13.3. The van der Waals surface area contributed by atoms with Crippen molar-refractivity contribution in [3.63, 3.8) is 0 Å². The highest BCUT2D eigenvalue weighted by Crippen LogP contribution is 2.15. The summed E-state index contributed by atoms with van der Waals surface area (Å²) in [4.78, 5) is 38.9. The van der Waals surface area contributed by atoms with Crippen LogP contribution < -0.4 is 10.6 Å². The number of hydrogen-bond acceptors (Lipinski definition) is 4. The standard InChI is InChI=1S/C27H35N3O3/c1-5-6-11-25(26(32)18-28-20(2)31)29-27(33)24-10-8-7-9-23(24)17-16-21-12-14-22(15-13-21)19-30(3)4/h7-10,12-17,25H,5-6,11,18-19H2,1-4H3,(H,28,31)(H,29,33). The van der Waals surface area contributed by atoms with Crippen molar-refractivity contribution in [1.29, 1.82) is 0 Å². The van der Waals surface area contributed by atoms with Crippen molar-refractivity contribution in [3.05, 3.63) is 70.8 Å². The van der Waals surface area contributed by atoms with Crippen LogP contribution in [0.1, 0.15) is 60.2 Å². The Hall–Kier alpha value is -3.25. The molecule has 6 nitrogen and oxygen atoms in total. The number of nitrogens with zero attached hydrogens (tertiary/aromatic N) is 1. The van der Waals surface area contributed by atoms with Crippen LogP contribution in [0, 0.1) is 0 Å². The molecule has 2 aromatic rings. The van der Waals surface area contributed by atoms with Crippen LogP contribution in [0.3, 0.4) is 0 Å². The van der Waals surface area contributed by atoms with E-state index in [1.54, 1.807) is 6.07 Å². The summed E-state index contributed by atoms with van der Waals surface area (Å²) in [7, 11) is 4.08. The molecule has 0 fully saturated rings. The van der Waals surface area contributed by atoms with Crippen molar-refractivity contribution >= 4 is 29.7 Å². The molecule has 0 aliphatic heterocycles. The van der Waals surface area contributed by atoms with E-state index in [2.05, 4.69) is 39.8 Å². The number of Topliss-reactive ketones (excluding diaryl/α,β-unsaturated/α-hetero) is 1. The van der Waals surface area contributed by atoms with Gasteiger partial charge < -0.3 is 15.5 Å². The predicted molar refractivity (Wildman–Crippen MR) is 134 cm³/mol. The zero-order valence-corrected chi connectivity index (χ0v) is 20.1. The SMILES string of the molecule is CCCCC(NC(=O)c1ccccc1C=Cc1ccc(CN(C)C)cc1)C(=O)CNC(C)=O. The summed E-state index contributed by atoms with van der Waals surface area (Å²) in [5, 5.41) is 5.40. The van der Waals surface area contributed by atoms with Gasteiger partial charge >= 0.3 is 0 Å². The van der Waals surface area contributed by atoms with E-state index in [0.717, 1.165) is 30.5 Å². The third-order valence-corrected chi connectivity index (χ3v) is 5.19. The van der Waals surface area contributed by atoms with E-state index in [0.29, 0.717) is 12.0 Å². The fourth-order valence-electron chi connectivity index (χ4n) is 3.43. The van der Waals surface area contributed by atoms with Gasteiger partial charge in [-0.2, -0.15) is 0 Å². The number of unbranched alkanes of at least 4 members (excludes halogenated alkanes) is 1. The molecule has 33 heavy (non-hydrogen) atoms. The molecule has 0 saturated heterocycles. The molecule has 0 saturated carbocycles. The van der Waals surface area contributed by atoms with Gasteiger partial charge in [0.05, 0.1) is 12.6 Å². The number of carbonyl (C=O) groups excluding carboxylic acids is 3. The fraction of sp³-hybridized carbons (Fsp3) is 0.370. The van der Waals surface area contributed by atoms with Gasteiger partial charge in [-0.3, -0.25) is 14.4 Å². The van der Waals surface area contributed by atoms with Gasteiger partial charge in [0.2, 0.25) is 5.91 Å². The highest BCUT2D eigenvalue weighted by Gasteiger charge is 2.21. The van der Waals surface area contributed by atoms with Gasteiger partial charge in [0.25, 0.3) is 5.91 Å². The fourth-order valence-corrected chi connectivity index (χ4v) is 3.43. The van der Waals surface area contributed by atoms with Crippen LogP contribution in [0.2, 0.25) is 0 Å². The van der Waals surface area contributed by atoms with Gasteiger partial charge in [-0.1, -0.05) is 74.4 Å². The molecule has 6 heteroatoms. The number of amides is 2. The van der Waals surface area contributed by atoms with Crippen molar-refractivity contribution in [3.8, 4) is 0 Å². The monoisotopic (exact) mass is 449 g/mol. The summed E-state index contributed by atoms with van der Waals surface area (Å²) in [6.07, 6.45) is 6.14. The molecule has 2 rings (SSSR count). The minimum absolute atomic E-state index is 0.0879. The van der Waals surface area contributed by atoms with Gasteiger partial charge in [0.1, 0.15) is 0 Å². The lowest BCUT2D eigenvalue weighted by atomic mass is 10.0. The Morgan fingerprint density at radius 2 is 1.70 bits per heavy atom. The molecule has 0 radical (unpaired) electrons. The van der Waals surface area contributed by atoms with Crippen LogP contribution in [0.5, 0.6) is 0 Å². The first-order valence-electron chi connectivity index (χ1n) is 11.4. The predicted octanol–water partition coefficient (Wildman–Crippen LogP) is 3.91. The maximum absolute atomic E-state index is 13.1. The quantitative estimate of drug-likeness (QED) is 0.482. The Balaban J connectivity index is 2.14. The molecule has 176 valence electrons. The number of nitrogens with one attached hydrogen (secondary N) is 2. The van der Waals surface area contributed by atoms with Crippen molar-refractivity contribution in [2.75, 3.05) is 20.6 Å². The third kappa shape index (κ3) is 9.02. The van der Waals surface area contributed by atoms with Crippen LogP contribution in [0.4, 0.5) is 0 Å². The summed E-state index contributed by atoms with van der Waals surface area (Å²) in [5.74, 6) is -0.763. The van der Waals surface area contributed by atoms with Crippen molar-refractivity contribution < 1.29 is 14.4 Å². The van der Waals surface area contributed by atoms with E-state index in [-0.39, 0.29) is 24.1 Å². The molecule has 0 heterocycles. The van der Waals surface area contributed by atoms with Crippen LogP contribution in [-0.2, 0) is 16.1 Å². The van der Waals surface area contributed by atoms with Gasteiger partial charge in [-0.15, -0.1) is 0 Å². The highest BCUT2D eigenvalue weighted by atomic mass is 16.2. The Labute approximate surface area is 197 Å². The summed E-state index contributed by atoms with van der Waals surface area (Å²) in [6, 6.07) is 15.0. The number of rotatable bonds is 12. The maximum atomic E-state index is 13.1. The Bertz CT molecular complexity index is 965. The molecule has 0 spiro atoms. The summed E-state index contributed by atoms with van der Waals surface area (Å²) in [6.45, 7) is 4.19. The van der Waals surface area contributed by atoms with Crippen molar-refractivity contribution in [2.24, 2.45) is 0 Å². The molecule has 0 aromatic heterocycles. The second-order valence-corrected chi connectivity index (χ2v) is 8.44. The lowest BCUT2D eigenvalue weighted by Crippen LogP contribution is -2.45. The zero-order chi connectivity index (χ0) is 24.2. The molecular formula is C27H35N3O3. The molecule has 0 aliphatic rings. The number of benzene rings is 2. The normalized spacial score (nSPS) is 12.0. The van der Waals surface area contributed by atoms with Crippen molar-refractivity contribution in [1.82, 2.24) is 15.5 Å². The molecule has 2 N–H and O–H groups in total. The smallest absolute Gasteiger partial charge is 0.252 e. The van der Waals surface area contributed by atoms with Gasteiger partial charge in [0, 0.05) is 19.0 Å².